The summed E-state index contributed by atoms with van der Waals surface area (Å²) in [6, 6.07) is 0. The Bertz CT molecular complexity index is 315. The minimum atomic E-state index is -1.88. The Labute approximate surface area is 102 Å². The summed E-state index contributed by atoms with van der Waals surface area (Å²) in [6.07, 6.45) is 0. The molecule has 8 heteroatoms. The second-order valence-electron chi connectivity index (χ2n) is 2.78. The summed E-state index contributed by atoms with van der Waals surface area (Å²) in [6.45, 7) is 2.41. The summed E-state index contributed by atoms with van der Waals surface area (Å²) in [5.74, 6) is -1.67. The quantitative estimate of drug-likeness (QED) is 0.280. The second kappa shape index (κ2) is 4.26. The zero-order chi connectivity index (χ0) is 10.2. The van der Waals surface area contributed by atoms with Crippen molar-refractivity contribution in [2.75, 3.05) is 0 Å². The molecule has 0 spiro atoms. The standard InChI is InChI=1S/C6H8N2O5.Na/c1-3-4(8(11)12)6(2,5(9)10)7-13-3;/h7H,1-2H3,(H,9,10);/q;+1/p-1. The van der Waals surface area contributed by atoms with Crippen LogP contribution >= 0.6 is 0 Å². The van der Waals surface area contributed by atoms with Gasteiger partial charge in [-0.25, -0.2) is 0 Å². The topological polar surface area (TPSA) is 105 Å². The van der Waals surface area contributed by atoms with Crippen molar-refractivity contribution in [2.45, 2.75) is 19.4 Å². The molecule has 0 radical (unpaired) electrons. The van der Waals surface area contributed by atoms with Gasteiger partial charge >= 0.3 is 35.3 Å². The van der Waals surface area contributed by atoms with Crippen LogP contribution in [0.4, 0.5) is 0 Å². The Morgan fingerprint density at radius 3 is 2.43 bits per heavy atom. The molecule has 0 aliphatic carbocycles. The fourth-order valence-electron chi connectivity index (χ4n) is 1.08. The zero-order valence-corrected chi connectivity index (χ0v) is 9.99. The van der Waals surface area contributed by atoms with Crippen molar-refractivity contribution < 1.29 is 49.2 Å². The summed E-state index contributed by atoms with van der Waals surface area (Å²) in [7, 11) is 0. The minimum absolute atomic E-state index is 0. The molecule has 0 aromatic rings. The molecule has 1 atom stereocenters. The van der Waals surface area contributed by atoms with Crippen LogP contribution < -0.4 is 40.1 Å². The average molecular weight is 210 g/mol. The van der Waals surface area contributed by atoms with Crippen molar-refractivity contribution in [3.8, 4) is 0 Å². The first-order valence-electron chi connectivity index (χ1n) is 3.41. The molecule has 0 amide bonds. The average Bonchev–Trinajstić information content (AvgIpc) is 2.28. The molecular formula is C6H7N2NaO5. The number of nitrogens with zero attached hydrogens (tertiary/aromatic N) is 1. The number of nitrogens with one attached hydrogen (secondary N) is 1. The molecule has 0 fully saturated rings. The van der Waals surface area contributed by atoms with Gasteiger partial charge in [-0.1, -0.05) is 0 Å². The Morgan fingerprint density at radius 2 is 2.14 bits per heavy atom. The van der Waals surface area contributed by atoms with Gasteiger partial charge in [-0.15, -0.1) is 5.48 Å². The fraction of sp³-hybridized carbons (Fsp3) is 0.500. The van der Waals surface area contributed by atoms with E-state index in [9.17, 15) is 20.0 Å². The van der Waals surface area contributed by atoms with Gasteiger partial charge in [-0.3, -0.25) is 10.1 Å². The molecule has 7 nitrogen and oxygen atoms in total. The number of aliphatic carboxylic acids is 1. The molecule has 1 heterocycles. The summed E-state index contributed by atoms with van der Waals surface area (Å²) >= 11 is 0. The number of carboxylic acid groups (broad SMARTS) is 1. The van der Waals surface area contributed by atoms with E-state index in [0.29, 0.717) is 0 Å². The molecule has 1 N–H and O–H groups in total. The van der Waals surface area contributed by atoms with Crippen LogP contribution in [-0.4, -0.2) is 16.4 Å². The van der Waals surface area contributed by atoms with Gasteiger partial charge < -0.3 is 14.7 Å². The number of carbonyl (C=O) groups is 1. The van der Waals surface area contributed by atoms with E-state index in [1.165, 1.54) is 6.92 Å². The molecule has 0 saturated heterocycles. The van der Waals surface area contributed by atoms with Crippen LogP contribution in [-0.2, 0) is 9.63 Å². The normalized spacial score (nSPS) is 25.3. The molecule has 0 saturated carbocycles. The predicted molar refractivity (Wildman–Crippen MR) is 37.3 cm³/mol. The van der Waals surface area contributed by atoms with E-state index in [-0.39, 0.29) is 35.3 Å². The predicted octanol–water partition coefficient (Wildman–Crippen LogP) is -4.46. The van der Waals surface area contributed by atoms with E-state index < -0.39 is 22.1 Å². The van der Waals surface area contributed by atoms with E-state index in [1.54, 1.807) is 0 Å². The first-order valence-corrected chi connectivity index (χ1v) is 3.41. The van der Waals surface area contributed by atoms with Gasteiger partial charge in [-0.05, 0) is 6.92 Å². The second-order valence-corrected chi connectivity index (χ2v) is 2.78. The number of nitro groups is 1. The largest absolute Gasteiger partial charge is 1.00 e. The smallest absolute Gasteiger partial charge is 0.547 e. The van der Waals surface area contributed by atoms with Crippen molar-refractivity contribution in [1.29, 1.82) is 0 Å². The first-order chi connectivity index (χ1) is 5.89. The van der Waals surface area contributed by atoms with Crippen LogP contribution in [0.1, 0.15) is 13.8 Å². The molecule has 14 heavy (non-hydrogen) atoms. The molecule has 1 unspecified atom stereocenters. The van der Waals surface area contributed by atoms with E-state index in [2.05, 4.69) is 4.84 Å². The van der Waals surface area contributed by atoms with Gasteiger partial charge in [0.1, 0.15) is 0 Å². The number of rotatable bonds is 2. The molecule has 72 valence electrons. The third kappa shape index (κ3) is 1.90. The van der Waals surface area contributed by atoms with E-state index in [4.69, 9.17) is 0 Å². The summed E-state index contributed by atoms with van der Waals surface area (Å²) in [5.41, 5.74) is -0.380. The molecular weight excluding hydrogens is 203 g/mol. The molecule has 1 rings (SSSR count). The van der Waals surface area contributed by atoms with E-state index in [0.717, 1.165) is 6.92 Å². The number of hydroxylamine groups is 1. The van der Waals surface area contributed by atoms with Crippen molar-refractivity contribution in [2.24, 2.45) is 0 Å². The number of carbonyl (C=O) groups excluding carboxylic acids is 1. The Morgan fingerprint density at radius 1 is 1.64 bits per heavy atom. The van der Waals surface area contributed by atoms with Gasteiger partial charge in [0, 0.05) is 6.92 Å². The molecule has 0 aromatic heterocycles. The van der Waals surface area contributed by atoms with Gasteiger partial charge in [0.05, 0.1) is 10.9 Å². The van der Waals surface area contributed by atoms with Crippen LogP contribution in [0.3, 0.4) is 0 Å². The number of carboxylic acids is 1. The number of hydrogen-bond donors (Lipinski definition) is 1. The molecule has 1 aliphatic rings. The van der Waals surface area contributed by atoms with Gasteiger partial charge in [-0.2, -0.15) is 0 Å². The van der Waals surface area contributed by atoms with Crippen molar-refractivity contribution >= 4 is 5.97 Å². The third-order valence-electron chi connectivity index (χ3n) is 1.81. The first kappa shape index (κ1) is 13.4. The Hall–Kier alpha value is -0.630. The number of allylic oxidation sites excluding steroid dienone is 1. The van der Waals surface area contributed by atoms with Crippen LogP contribution in [0.2, 0.25) is 0 Å². The van der Waals surface area contributed by atoms with Crippen LogP contribution in [0.5, 0.6) is 0 Å². The summed E-state index contributed by atoms with van der Waals surface area (Å²) < 4.78 is 0. The maximum Gasteiger partial charge on any atom is 1.00 e. The third-order valence-corrected chi connectivity index (χ3v) is 1.81. The van der Waals surface area contributed by atoms with Crippen LogP contribution in [0.25, 0.3) is 0 Å². The maximum absolute atomic E-state index is 10.6. The van der Waals surface area contributed by atoms with Crippen molar-refractivity contribution in [3.63, 3.8) is 0 Å². The number of hydrogen-bond acceptors (Lipinski definition) is 6. The zero-order valence-electron chi connectivity index (χ0n) is 7.99. The SMILES string of the molecule is CC1=C([N+](=O)[O-])C(C)(C(=O)[O-])NO1.[Na+]. The van der Waals surface area contributed by atoms with E-state index >= 15 is 0 Å². The van der Waals surface area contributed by atoms with Crippen LogP contribution in [0.15, 0.2) is 11.5 Å². The Kier molecular flexibility index (Phi) is 4.07. The van der Waals surface area contributed by atoms with Crippen LogP contribution in [0, 0.1) is 10.1 Å². The van der Waals surface area contributed by atoms with Crippen molar-refractivity contribution in [1.82, 2.24) is 5.48 Å². The summed E-state index contributed by atoms with van der Waals surface area (Å²) in [4.78, 5) is 24.8. The Balaban J connectivity index is 0.00000169. The van der Waals surface area contributed by atoms with Gasteiger partial charge in [0.25, 0.3) is 0 Å². The fourth-order valence-corrected chi connectivity index (χ4v) is 1.08. The maximum atomic E-state index is 10.6. The minimum Gasteiger partial charge on any atom is -0.547 e. The van der Waals surface area contributed by atoms with Gasteiger partial charge in [0.2, 0.25) is 0 Å². The van der Waals surface area contributed by atoms with Crippen molar-refractivity contribution in [3.05, 3.63) is 21.6 Å². The molecule has 0 aromatic carbocycles. The molecule has 1 aliphatic heterocycles. The van der Waals surface area contributed by atoms with E-state index in [1.807, 2.05) is 5.48 Å². The molecule has 0 bridgehead atoms. The monoisotopic (exact) mass is 210 g/mol. The van der Waals surface area contributed by atoms with Gasteiger partial charge in [0.15, 0.2) is 11.3 Å². The summed E-state index contributed by atoms with van der Waals surface area (Å²) in [5, 5.41) is 21.1.